The molecule has 5 nitrogen and oxygen atoms in total. The number of amides is 1. The van der Waals surface area contributed by atoms with E-state index in [1.807, 2.05) is 6.92 Å². The molecule has 6 heteroatoms. The Bertz CT molecular complexity index is 548. The Hall–Kier alpha value is -1.62. The van der Waals surface area contributed by atoms with Crippen LogP contribution in [-0.4, -0.2) is 39.5 Å². The molecule has 0 unspecified atom stereocenters. The van der Waals surface area contributed by atoms with Crippen LogP contribution in [0.3, 0.4) is 0 Å². The third kappa shape index (κ3) is 3.73. The molecule has 1 saturated heterocycles. The van der Waals surface area contributed by atoms with Crippen LogP contribution >= 0.6 is 11.6 Å². The summed E-state index contributed by atoms with van der Waals surface area (Å²) in [6.45, 7) is 2.49. The number of aliphatic carboxylic acids is 1. The second kappa shape index (κ2) is 6.89. The summed E-state index contributed by atoms with van der Waals surface area (Å²) in [4.78, 5) is 29.5. The molecule has 1 amide bonds. The maximum Gasteiger partial charge on any atom is 0.326 e. The Morgan fingerprint density at radius 3 is 2.86 bits per heavy atom. The average molecular weight is 311 g/mol. The van der Waals surface area contributed by atoms with Gasteiger partial charge in [-0.2, -0.15) is 0 Å². The molecule has 1 fully saturated rings. The molecule has 0 saturated carbocycles. The van der Waals surface area contributed by atoms with Gasteiger partial charge in [0.05, 0.1) is 0 Å². The summed E-state index contributed by atoms with van der Waals surface area (Å²) in [6, 6.07) is 2.48. The van der Waals surface area contributed by atoms with Crippen molar-refractivity contribution in [3.05, 3.63) is 28.5 Å². The zero-order valence-electron chi connectivity index (χ0n) is 12.0. The summed E-state index contributed by atoms with van der Waals surface area (Å²) < 4.78 is 0. The smallest absolute Gasteiger partial charge is 0.326 e. The van der Waals surface area contributed by atoms with Gasteiger partial charge in [0.15, 0.2) is 0 Å². The molecule has 1 aromatic rings. The van der Waals surface area contributed by atoms with Crippen molar-refractivity contribution in [1.29, 1.82) is 0 Å². The average Bonchev–Trinajstić information content (AvgIpc) is 2.46. The van der Waals surface area contributed by atoms with Crippen LogP contribution in [0.25, 0.3) is 0 Å². The molecule has 1 N–H and O–H groups in total. The van der Waals surface area contributed by atoms with Gasteiger partial charge in [0.1, 0.15) is 11.2 Å². The number of piperidine rings is 1. The minimum Gasteiger partial charge on any atom is -0.480 e. The predicted molar refractivity (Wildman–Crippen MR) is 79.6 cm³/mol. The van der Waals surface area contributed by atoms with Crippen LogP contribution in [0.4, 0.5) is 0 Å². The van der Waals surface area contributed by atoms with E-state index in [-0.39, 0.29) is 11.1 Å². The normalized spacial score (nSPS) is 18.6. The Labute approximate surface area is 128 Å². The van der Waals surface area contributed by atoms with Gasteiger partial charge in [-0.25, -0.2) is 9.78 Å². The number of hydrogen-bond donors (Lipinski definition) is 1. The van der Waals surface area contributed by atoms with Crippen molar-refractivity contribution >= 4 is 23.5 Å². The monoisotopic (exact) mass is 310 g/mol. The number of nitrogens with zero attached hydrogens (tertiary/aromatic N) is 2. The Morgan fingerprint density at radius 1 is 1.43 bits per heavy atom. The van der Waals surface area contributed by atoms with Crippen LogP contribution in [0.1, 0.15) is 48.7 Å². The number of carbonyl (C=O) groups is 2. The van der Waals surface area contributed by atoms with E-state index < -0.39 is 12.0 Å². The molecule has 1 aliphatic heterocycles. The van der Waals surface area contributed by atoms with Crippen LogP contribution < -0.4 is 0 Å². The number of carboxylic acid groups (broad SMARTS) is 1. The summed E-state index contributed by atoms with van der Waals surface area (Å²) in [7, 11) is 0. The summed E-state index contributed by atoms with van der Waals surface area (Å²) in [5.41, 5.74) is 1.18. The third-order valence-corrected chi connectivity index (χ3v) is 3.84. The standard InChI is InChI=1S/C15H19ClN2O3/c1-2-5-11-8-10(9-13(16)17-11)14(19)18-7-4-3-6-12(18)15(20)21/h8-9,12H,2-7H2,1H3,(H,20,21)/t12-/m1/s1. The molecule has 1 atom stereocenters. The maximum absolute atomic E-state index is 12.6. The highest BCUT2D eigenvalue weighted by Gasteiger charge is 2.32. The minimum absolute atomic E-state index is 0.271. The number of aromatic nitrogens is 1. The zero-order chi connectivity index (χ0) is 15.4. The number of hydrogen-bond acceptors (Lipinski definition) is 3. The van der Waals surface area contributed by atoms with Gasteiger partial charge in [-0.1, -0.05) is 24.9 Å². The molecule has 2 rings (SSSR count). The van der Waals surface area contributed by atoms with Crippen molar-refractivity contribution in [2.24, 2.45) is 0 Å². The molecular formula is C15H19ClN2O3. The summed E-state index contributed by atoms with van der Waals surface area (Å²) in [5, 5.41) is 9.54. The predicted octanol–water partition coefficient (Wildman–Crippen LogP) is 2.77. The van der Waals surface area contributed by atoms with Crippen LogP contribution in [-0.2, 0) is 11.2 Å². The molecule has 0 aliphatic carbocycles. The molecule has 21 heavy (non-hydrogen) atoms. The van der Waals surface area contributed by atoms with Gasteiger partial charge in [-0.3, -0.25) is 4.79 Å². The van der Waals surface area contributed by atoms with E-state index in [2.05, 4.69) is 4.98 Å². The first-order valence-corrected chi connectivity index (χ1v) is 7.61. The van der Waals surface area contributed by atoms with Crippen LogP contribution in [0.2, 0.25) is 5.15 Å². The van der Waals surface area contributed by atoms with Crippen molar-refractivity contribution in [2.75, 3.05) is 6.54 Å². The quantitative estimate of drug-likeness (QED) is 0.868. The first kappa shape index (κ1) is 15.8. The molecule has 0 spiro atoms. The van der Waals surface area contributed by atoms with Gasteiger partial charge in [0, 0.05) is 17.8 Å². The topological polar surface area (TPSA) is 70.5 Å². The van der Waals surface area contributed by atoms with Crippen LogP contribution in [0.15, 0.2) is 12.1 Å². The molecule has 1 aromatic heterocycles. The highest BCUT2D eigenvalue weighted by atomic mass is 35.5. The van der Waals surface area contributed by atoms with Gasteiger partial charge >= 0.3 is 5.97 Å². The number of aryl methyl sites for hydroxylation is 1. The van der Waals surface area contributed by atoms with Crippen LogP contribution in [0, 0.1) is 0 Å². The molecule has 0 aromatic carbocycles. The van der Waals surface area contributed by atoms with Crippen LogP contribution in [0.5, 0.6) is 0 Å². The molecule has 0 radical (unpaired) electrons. The first-order chi connectivity index (χ1) is 10.0. The fourth-order valence-electron chi connectivity index (χ4n) is 2.66. The van der Waals surface area contributed by atoms with Gasteiger partial charge < -0.3 is 10.0 Å². The number of carbonyl (C=O) groups excluding carboxylic acids is 1. The van der Waals surface area contributed by atoms with E-state index in [1.54, 1.807) is 6.07 Å². The molecular weight excluding hydrogens is 292 g/mol. The van der Waals surface area contributed by atoms with E-state index in [0.717, 1.165) is 31.4 Å². The molecule has 1 aliphatic rings. The number of likely N-dealkylation sites (tertiary alicyclic amines) is 1. The van der Waals surface area contributed by atoms with Crippen molar-refractivity contribution in [3.8, 4) is 0 Å². The summed E-state index contributed by atoms with van der Waals surface area (Å²) >= 11 is 5.97. The lowest BCUT2D eigenvalue weighted by atomic mass is 10.0. The number of carboxylic acids is 1. The highest BCUT2D eigenvalue weighted by molar-refractivity contribution is 6.29. The fraction of sp³-hybridized carbons (Fsp3) is 0.533. The summed E-state index contributed by atoms with van der Waals surface area (Å²) in [5.74, 6) is -1.22. The van der Waals surface area contributed by atoms with E-state index in [1.165, 1.54) is 11.0 Å². The Morgan fingerprint density at radius 2 is 2.19 bits per heavy atom. The molecule has 114 valence electrons. The molecule has 0 bridgehead atoms. The summed E-state index contributed by atoms with van der Waals surface area (Å²) in [6.07, 6.45) is 3.81. The fourth-order valence-corrected chi connectivity index (χ4v) is 2.88. The second-order valence-electron chi connectivity index (χ2n) is 5.27. The SMILES string of the molecule is CCCc1cc(C(=O)N2CCCC[C@@H]2C(=O)O)cc(Cl)n1. The first-order valence-electron chi connectivity index (χ1n) is 7.23. The Balaban J connectivity index is 2.27. The maximum atomic E-state index is 12.6. The van der Waals surface area contributed by atoms with Gasteiger partial charge in [-0.15, -0.1) is 0 Å². The zero-order valence-corrected chi connectivity index (χ0v) is 12.8. The van der Waals surface area contributed by atoms with E-state index in [0.29, 0.717) is 18.5 Å². The Kier molecular flexibility index (Phi) is 5.17. The van der Waals surface area contributed by atoms with Gasteiger partial charge in [0.25, 0.3) is 5.91 Å². The van der Waals surface area contributed by atoms with Crippen molar-refractivity contribution < 1.29 is 14.7 Å². The molecule has 2 heterocycles. The number of halogens is 1. The number of rotatable bonds is 4. The van der Waals surface area contributed by atoms with E-state index in [9.17, 15) is 14.7 Å². The number of pyridine rings is 1. The lowest BCUT2D eigenvalue weighted by Gasteiger charge is -2.33. The van der Waals surface area contributed by atoms with Gasteiger partial charge in [-0.05, 0) is 37.8 Å². The van der Waals surface area contributed by atoms with Crippen molar-refractivity contribution in [1.82, 2.24) is 9.88 Å². The lowest BCUT2D eigenvalue weighted by molar-refractivity contribution is -0.143. The largest absolute Gasteiger partial charge is 0.480 e. The van der Waals surface area contributed by atoms with E-state index in [4.69, 9.17) is 11.6 Å². The van der Waals surface area contributed by atoms with Crippen molar-refractivity contribution in [3.63, 3.8) is 0 Å². The minimum atomic E-state index is -0.947. The van der Waals surface area contributed by atoms with Gasteiger partial charge in [0.2, 0.25) is 0 Å². The second-order valence-corrected chi connectivity index (χ2v) is 5.66. The highest BCUT2D eigenvalue weighted by Crippen LogP contribution is 2.21. The van der Waals surface area contributed by atoms with Crippen molar-refractivity contribution in [2.45, 2.75) is 45.1 Å². The third-order valence-electron chi connectivity index (χ3n) is 3.65. The van der Waals surface area contributed by atoms with E-state index >= 15 is 0 Å². The lowest BCUT2D eigenvalue weighted by Crippen LogP contribution is -2.48.